The Kier molecular flexibility index (Phi) is 4.81. The molecule has 2 aromatic heterocycles. The van der Waals surface area contributed by atoms with Gasteiger partial charge in [-0.05, 0) is 41.5 Å². The van der Waals surface area contributed by atoms with Crippen molar-refractivity contribution in [3.63, 3.8) is 0 Å². The molecule has 1 saturated heterocycles. The number of tetrazole rings is 1. The van der Waals surface area contributed by atoms with E-state index in [4.69, 9.17) is 0 Å². The first-order valence-corrected chi connectivity index (χ1v) is 9.13. The number of carbonyl (C=O) groups excluding carboxylic acids is 1. The SMILES string of the molecule is Cc1nnnn1CCC(=O)N1C[C@@H](Cc2ccnc3ccccc23)[C@H](O)C1. The number of aliphatic hydroxyl groups excluding tert-OH is 1. The van der Waals surface area contributed by atoms with Crippen molar-refractivity contribution in [3.8, 4) is 0 Å². The smallest absolute Gasteiger partial charge is 0.224 e. The van der Waals surface area contributed by atoms with E-state index in [1.54, 1.807) is 22.7 Å². The zero-order valence-electron chi connectivity index (χ0n) is 15.2. The van der Waals surface area contributed by atoms with Crippen molar-refractivity contribution in [1.82, 2.24) is 30.1 Å². The lowest BCUT2D eigenvalue weighted by atomic mass is 9.94. The normalized spacial score (nSPS) is 19.7. The highest BCUT2D eigenvalue weighted by atomic mass is 16.3. The van der Waals surface area contributed by atoms with Crippen LogP contribution in [0.1, 0.15) is 17.8 Å². The highest BCUT2D eigenvalue weighted by Gasteiger charge is 2.34. The number of benzene rings is 1. The van der Waals surface area contributed by atoms with Crippen LogP contribution in [-0.2, 0) is 17.8 Å². The maximum atomic E-state index is 12.5. The number of β-amino-alcohol motifs (C(OH)–C–C–N with tert-alkyl or cyclic N) is 1. The Morgan fingerprint density at radius 2 is 2.11 bits per heavy atom. The van der Waals surface area contributed by atoms with E-state index in [9.17, 15) is 9.90 Å². The van der Waals surface area contributed by atoms with Gasteiger partial charge in [-0.2, -0.15) is 0 Å². The summed E-state index contributed by atoms with van der Waals surface area (Å²) in [5, 5.41) is 22.9. The fraction of sp³-hybridized carbons (Fsp3) is 0.421. The molecule has 2 atom stereocenters. The number of carbonyl (C=O) groups is 1. The Morgan fingerprint density at radius 1 is 1.26 bits per heavy atom. The van der Waals surface area contributed by atoms with Crippen LogP contribution in [0.3, 0.4) is 0 Å². The first kappa shape index (κ1) is 17.5. The lowest BCUT2D eigenvalue weighted by Crippen LogP contribution is -2.30. The van der Waals surface area contributed by atoms with Crippen LogP contribution in [0.4, 0.5) is 0 Å². The minimum absolute atomic E-state index is 0.0195. The number of aromatic nitrogens is 5. The molecule has 8 nitrogen and oxygen atoms in total. The number of amides is 1. The molecule has 4 rings (SSSR count). The zero-order chi connectivity index (χ0) is 18.8. The van der Waals surface area contributed by atoms with E-state index >= 15 is 0 Å². The molecule has 0 unspecified atom stereocenters. The van der Waals surface area contributed by atoms with Crippen LogP contribution in [0.25, 0.3) is 10.9 Å². The average molecular weight is 366 g/mol. The van der Waals surface area contributed by atoms with Gasteiger partial charge in [0.25, 0.3) is 0 Å². The Labute approximate surface area is 156 Å². The van der Waals surface area contributed by atoms with Crippen LogP contribution < -0.4 is 0 Å². The van der Waals surface area contributed by atoms with Crippen LogP contribution >= 0.6 is 0 Å². The van der Waals surface area contributed by atoms with E-state index in [0.717, 1.165) is 22.9 Å². The standard InChI is InChI=1S/C19H22N6O2/c1-13-21-22-23-25(13)9-7-19(27)24-11-15(18(26)12-24)10-14-6-8-20-17-5-3-2-4-16(14)17/h2-6,8,15,18,26H,7,9-12H2,1H3/t15-,18-/m1/s1. The predicted octanol–water partition coefficient (Wildman–Crippen LogP) is 0.982. The Bertz CT molecular complexity index is 951. The number of aliphatic hydroxyl groups is 1. The van der Waals surface area contributed by atoms with Gasteiger partial charge in [0.15, 0.2) is 0 Å². The van der Waals surface area contributed by atoms with Crippen molar-refractivity contribution < 1.29 is 9.90 Å². The molecule has 3 aromatic rings. The molecule has 0 bridgehead atoms. The third-order valence-electron chi connectivity index (χ3n) is 5.23. The van der Waals surface area contributed by atoms with Gasteiger partial charge in [0.05, 0.1) is 18.2 Å². The van der Waals surface area contributed by atoms with Gasteiger partial charge >= 0.3 is 0 Å². The summed E-state index contributed by atoms with van der Waals surface area (Å²) in [7, 11) is 0. The van der Waals surface area contributed by atoms with Crippen molar-refractivity contribution >= 4 is 16.8 Å². The number of pyridine rings is 1. The fourth-order valence-electron chi connectivity index (χ4n) is 3.69. The summed E-state index contributed by atoms with van der Waals surface area (Å²) >= 11 is 0. The molecule has 0 aliphatic carbocycles. The summed E-state index contributed by atoms with van der Waals surface area (Å²) in [5.41, 5.74) is 2.11. The molecule has 0 saturated carbocycles. The summed E-state index contributed by atoms with van der Waals surface area (Å²) < 4.78 is 1.62. The molecule has 1 amide bonds. The minimum Gasteiger partial charge on any atom is -0.391 e. The van der Waals surface area contributed by atoms with Crippen LogP contribution in [0, 0.1) is 12.8 Å². The molecular weight excluding hydrogens is 344 g/mol. The topological polar surface area (TPSA) is 97.0 Å². The van der Waals surface area contributed by atoms with Gasteiger partial charge in [-0.3, -0.25) is 9.78 Å². The molecule has 0 spiro atoms. The molecule has 3 heterocycles. The summed E-state index contributed by atoms with van der Waals surface area (Å²) in [4.78, 5) is 18.7. The molecule has 1 N–H and O–H groups in total. The maximum absolute atomic E-state index is 12.5. The van der Waals surface area contributed by atoms with E-state index in [-0.39, 0.29) is 11.8 Å². The average Bonchev–Trinajstić information content (AvgIpc) is 3.26. The zero-order valence-corrected chi connectivity index (χ0v) is 15.2. The number of fused-ring (bicyclic) bond motifs is 1. The van der Waals surface area contributed by atoms with Gasteiger partial charge in [-0.1, -0.05) is 18.2 Å². The number of nitrogens with zero attached hydrogens (tertiary/aromatic N) is 6. The van der Waals surface area contributed by atoms with Gasteiger partial charge in [-0.15, -0.1) is 5.10 Å². The molecule has 1 aromatic carbocycles. The van der Waals surface area contributed by atoms with E-state index in [1.807, 2.05) is 24.3 Å². The van der Waals surface area contributed by atoms with Crippen molar-refractivity contribution in [2.24, 2.45) is 5.92 Å². The van der Waals surface area contributed by atoms with Crippen molar-refractivity contribution in [2.45, 2.75) is 32.4 Å². The summed E-state index contributed by atoms with van der Waals surface area (Å²) in [6, 6.07) is 10.0. The Morgan fingerprint density at radius 3 is 2.93 bits per heavy atom. The van der Waals surface area contributed by atoms with Gasteiger partial charge in [0, 0.05) is 37.0 Å². The Balaban J connectivity index is 1.40. The molecule has 27 heavy (non-hydrogen) atoms. The number of aryl methyl sites for hydroxylation is 2. The molecule has 1 aliphatic heterocycles. The molecular formula is C19H22N6O2. The predicted molar refractivity (Wildman–Crippen MR) is 98.7 cm³/mol. The second kappa shape index (κ2) is 7.40. The number of likely N-dealkylation sites (tertiary alicyclic amines) is 1. The van der Waals surface area contributed by atoms with Crippen LogP contribution in [0.2, 0.25) is 0 Å². The first-order valence-electron chi connectivity index (χ1n) is 9.13. The molecule has 140 valence electrons. The molecule has 1 aliphatic rings. The second-order valence-corrected chi connectivity index (χ2v) is 7.02. The van der Waals surface area contributed by atoms with Crippen LogP contribution in [-0.4, -0.2) is 60.3 Å². The van der Waals surface area contributed by atoms with Crippen LogP contribution in [0.5, 0.6) is 0 Å². The first-order chi connectivity index (χ1) is 13.1. The quantitative estimate of drug-likeness (QED) is 0.723. The van der Waals surface area contributed by atoms with Gasteiger partial charge in [0.1, 0.15) is 5.82 Å². The summed E-state index contributed by atoms with van der Waals surface area (Å²) in [6.45, 7) is 3.19. The summed E-state index contributed by atoms with van der Waals surface area (Å²) in [6.07, 6.45) is 2.33. The highest BCUT2D eigenvalue weighted by molar-refractivity contribution is 5.82. The molecule has 8 heteroatoms. The monoisotopic (exact) mass is 366 g/mol. The number of para-hydroxylation sites is 1. The Hall–Kier alpha value is -2.87. The fourth-order valence-corrected chi connectivity index (χ4v) is 3.69. The lowest BCUT2D eigenvalue weighted by Gasteiger charge is -2.16. The number of rotatable bonds is 5. The van der Waals surface area contributed by atoms with Crippen molar-refractivity contribution in [1.29, 1.82) is 0 Å². The largest absolute Gasteiger partial charge is 0.391 e. The molecule has 0 radical (unpaired) electrons. The van der Waals surface area contributed by atoms with Crippen molar-refractivity contribution in [3.05, 3.63) is 47.9 Å². The van der Waals surface area contributed by atoms with E-state index in [2.05, 4.69) is 26.6 Å². The third-order valence-corrected chi connectivity index (χ3v) is 5.23. The van der Waals surface area contributed by atoms with Gasteiger partial charge in [0.2, 0.25) is 5.91 Å². The lowest BCUT2D eigenvalue weighted by molar-refractivity contribution is -0.130. The number of hydrogen-bond donors (Lipinski definition) is 1. The third kappa shape index (κ3) is 3.66. The highest BCUT2D eigenvalue weighted by Crippen LogP contribution is 2.25. The van der Waals surface area contributed by atoms with E-state index in [1.165, 1.54) is 0 Å². The van der Waals surface area contributed by atoms with Gasteiger partial charge in [-0.25, -0.2) is 4.68 Å². The van der Waals surface area contributed by atoms with Crippen molar-refractivity contribution in [2.75, 3.05) is 13.1 Å². The second-order valence-electron chi connectivity index (χ2n) is 7.02. The van der Waals surface area contributed by atoms with E-state index < -0.39 is 6.10 Å². The molecule has 1 fully saturated rings. The number of hydrogen-bond acceptors (Lipinski definition) is 6. The van der Waals surface area contributed by atoms with Crippen LogP contribution in [0.15, 0.2) is 36.5 Å². The van der Waals surface area contributed by atoms with Gasteiger partial charge < -0.3 is 10.0 Å². The van der Waals surface area contributed by atoms with E-state index in [0.29, 0.717) is 31.9 Å². The summed E-state index contributed by atoms with van der Waals surface area (Å²) in [5.74, 6) is 0.729. The maximum Gasteiger partial charge on any atom is 0.224 e. The minimum atomic E-state index is -0.518.